The van der Waals surface area contributed by atoms with Gasteiger partial charge >= 0.3 is 12.1 Å². The van der Waals surface area contributed by atoms with E-state index in [1.807, 2.05) is 6.07 Å². The summed E-state index contributed by atoms with van der Waals surface area (Å²) in [6, 6.07) is 10.1. The molecule has 204 valence electrons. The van der Waals surface area contributed by atoms with Crippen LogP contribution in [0.5, 0.6) is 5.75 Å². The molecule has 0 bridgehead atoms. The molecular formula is C28H31F3N2O5. The number of carbonyl (C=O) groups excluding carboxylic acids is 1. The smallest absolute Gasteiger partial charge is 0.416 e. The average molecular weight is 533 g/mol. The Bertz CT molecular complexity index is 1220. The number of rotatable bonds is 7. The Morgan fingerprint density at radius 2 is 1.84 bits per heavy atom. The van der Waals surface area contributed by atoms with Crippen molar-refractivity contribution in [2.75, 3.05) is 26.3 Å². The van der Waals surface area contributed by atoms with Crippen LogP contribution in [-0.4, -0.2) is 59.8 Å². The number of benzene rings is 2. The monoisotopic (exact) mass is 532 g/mol. The fraction of sp³-hybridized carbons (Fsp3) is 0.500. The van der Waals surface area contributed by atoms with Crippen molar-refractivity contribution in [3.8, 4) is 5.75 Å². The van der Waals surface area contributed by atoms with Crippen molar-refractivity contribution in [2.24, 2.45) is 0 Å². The summed E-state index contributed by atoms with van der Waals surface area (Å²) in [5, 5.41) is 12.6. The van der Waals surface area contributed by atoms with Gasteiger partial charge in [0, 0.05) is 26.3 Å². The van der Waals surface area contributed by atoms with Crippen LogP contribution in [-0.2, 0) is 21.2 Å². The number of ether oxygens (including phenoxy) is 2. The van der Waals surface area contributed by atoms with Crippen LogP contribution >= 0.6 is 0 Å². The highest BCUT2D eigenvalue weighted by Gasteiger charge is 2.53. The van der Waals surface area contributed by atoms with E-state index in [-0.39, 0.29) is 23.3 Å². The largest absolute Gasteiger partial charge is 0.489 e. The van der Waals surface area contributed by atoms with Crippen LogP contribution in [0.2, 0.25) is 0 Å². The van der Waals surface area contributed by atoms with Crippen LogP contribution in [0.15, 0.2) is 42.5 Å². The van der Waals surface area contributed by atoms with Gasteiger partial charge in [0.05, 0.1) is 16.7 Å². The van der Waals surface area contributed by atoms with Crippen molar-refractivity contribution < 1.29 is 37.3 Å². The molecular weight excluding hydrogens is 501 g/mol. The van der Waals surface area contributed by atoms with Gasteiger partial charge in [-0.25, -0.2) is 4.79 Å². The number of carboxylic acids is 1. The first kappa shape index (κ1) is 26.5. The van der Waals surface area contributed by atoms with Crippen molar-refractivity contribution >= 4 is 11.9 Å². The van der Waals surface area contributed by atoms with Crippen LogP contribution in [0.1, 0.15) is 59.2 Å². The molecule has 3 aliphatic rings. The molecule has 5 rings (SSSR count). The van der Waals surface area contributed by atoms with Gasteiger partial charge in [-0.2, -0.15) is 13.2 Å². The Balaban J connectivity index is 1.31. The van der Waals surface area contributed by atoms with Crippen LogP contribution in [0.3, 0.4) is 0 Å². The lowest BCUT2D eigenvalue weighted by Gasteiger charge is -2.44. The van der Waals surface area contributed by atoms with E-state index >= 15 is 0 Å². The summed E-state index contributed by atoms with van der Waals surface area (Å²) in [7, 11) is 0. The van der Waals surface area contributed by atoms with E-state index in [0.29, 0.717) is 51.1 Å². The molecule has 2 heterocycles. The van der Waals surface area contributed by atoms with E-state index in [2.05, 4.69) is 10.2 Å². The SMILES string of the molecule is Cc1cc(C2(NC(=O)C3(N4CCC(Oc5cccc(C(F)(F)F)c5)C4)CCOCC3)CC2)ccc1C(=O)O. The van der Waals surface area contributed by atoms with E-state index in [4.69, 9.17) is 9.47 Å². The molecule has 2 aliphatic heterocycles. The maximum Gasteiger partial charge on any atom is 0.416 e. The topological polar surface area (TPSA) is 88.1 Å². The fourth-order valence-corrected chi connectivity index (χ4v) is 5.69. The molecule has 2 aromatic rings. The van der Waals surface area contributed by atoms with Crippen LogP contribution in [0.25, 0.3) is 0 Å². The molecule has 2 N–H and O–H groups in total. The quantitative estimate of drug-likeness (QED) is 0.545. The number of nitrogens with zero attached hydrogens (tertiary/aromatic N) is 1. The van der Waals surface area contributed by atoms with Crippen molar-refractivity contribution in [1.29, 1.82) is 0 Å². The average Bonchev–Trinajstić information content (AvgIpc) is 3.51. The summed E-state index contributed by atoms with van der Waals surface area (Å²) in [4.78, 5) is 27.5. The molecule has 0 aromatic heterocycles. The molecule has 1 atom stereocenters. The van der Waals surface area contributed by atoms with E-state index in [1.54, 1.807) is 19.1 Å². The van der Waals surface area contributed by atoms with Gasteiger partial charge in [-0.15, -0.1) is 0 Å². The molecule has 0 radical (unpaired) electrons. The second-order valence-electron chi connectivity index (χ2n) is 10.5. The van der Waals surface area contributed by atoms with Gasteiger partial charge in [0.2, 0.25) is 5.91 Å². The molecule has 7 nitrogen and oxygen atoms in total. The molecule has 1 aliphatic carbocycles. The number of halogens is 3. The first-order chi connectivity index (χ1) is 18.0. The minimum Gasteiger partial charge on any atom is -0.489 e. The highest BCUT2D eigenvalue weighted by atomic mass is 19.4. The lowest BCUT2D eigenvalue weighted by Crippen LogP contribution is -2.62. The number of aromatic carboxylic acids is 1. The molecule has 1 unspecified atom stereocenters. The van der Waals surface area contributed by atoms with Gasteiger partial charge < -0.3 is 19.9 Å². The summed E-state index contributed by atoms with van der Waals surface area (Å²) in [6.45, 7) is 3.62. The zero-order chi connectivity index (χ0) is 27.1. The maximum atomic E-state index is 13.9. The minimum atomic E-state index is -4.45. The molecule has 3 fully saturated rings. The van der Waals surface area contributed by atoms with Gasteiger partial charge in [-0.1, -0.05) is 18.2 Å². The van der Waals surface area contributed by atoms with Gasteiger partial charge in [0.1, 0.15) is 17.4 Å². The van der Waals surface area contributed by atoms with Crippen molar-refractivity contribution in [1.82, 2.24) is 10.2 Å². The van der Waals surface area contributed by atoms with Gasteiger partial charge in [0.25, 0.3) is 0 Å². The number of alkyl halides is 3. The number of carboxylic acid groups (broad SMARTS) is 1. The van der Waals surface area contributed by atoms with E-state index in [1.165, 1.54) is 12.1 Å². The Morgan fingerprint density at radius 3 is 2.47 bits per heavy atom. The standard InChI is InChI=1S/C28H31F3N2O5/c1-18-15-19(5-6-23(18)24(34)35)26(8-9-26)32-25(36)27(10-13-37-14-11-27)33-12-7-22(17-33)38-21-4-2-3-20(16-21)28(29,30)31/h2-6,15-16,22H,7-14,17H2,1H3,(H,32,36)(H,34,35). The Kier molecular flexibility index (Phi) is 6.89. The molecule has 2 saturated heterocycles. The van der Waals surface area contributed by atoms with Crippen LogP contribution in [0, 0.1) is 6.92 Å². The van der Waals surface area contributed by atoms with E-state index in [9.17, 15) is 27.9 Å². The summed E-state index contributed by atoms with van der Waals surface area (Å²) in [5.41, 5.74) is -0.325. The highest BCUT2D eigenvalue weighted by Crippen LogP contribution is 2.47. The van der Waals surface area contributed by atoms with E-state index < -0.39 is 28.8 Å². The summed E-state index contributed by atoms with van der Waals surface area (Å²) in [6.07, 6.45) is -1.67. The number of aryl methyl sites for hydroxylation is 1. The van der Waals surface area contributed by atoms with Gasteiger partial charge in [0.15, 0.2) is 0 Å². The van der Waals surface area contributed by atoms with Gasteiger partial charge in [-0.3, -0.25) is 9.69 Å². The van der Waals surface area contributed by atoms with Crippen molar-refractivity contribution in [3.05, 3.63) is 64.7 Å². The number of likely N-dealkylation sites (tertiary alicyclic amines) is 1. The molecule has 1 saturated carbocycles. The summed E-state index contributed by atoms with van der Waals surface area (Å²) < 4.78 is 50.9. The lowest BCUT2D eigenvalue weighted by molar-refractivity contribution is -0.141. The Morgan fingerprint density at radius 1 is 1.11 bits per heavy atom. The predicted octanol–water partition coefficient (Wildman–Crippen LogP) is 4.52. The lowest BCUT2D eigenvalue weighted by atomic mass is 9.86. The molecule has 2 aromatic carbocycles. The zero-order valence-electron chi connectivity index (χ0n) is 21.1. The molecule has 0 spiro atoms. The predicted molar refractivity (Wildman–Crippen MR) is 132 cm³/mol. The third-order valence-electron chi connectivity index (χ3n) is 8.07. The van der Waals surface area contributed by atoms with Crippen LogP contribution < -0.4 is 10.1 Å². The summed E-state index contributed by atoms with van der Waals surface area (Å²) >= 11 is 0. The maximum absolute atomic E-state index is 13.9. The van der Waals surface area contributed by atoms with Gasteiger partial charge in [-0.05, 0) is 74.4 Å². The number of nitrogens with one attached hydrogen (secondary N) is 1. The second kappa shape index (κ2) is 9.89. The summed E-state index contributed by atoms with van der Waals surface area (Å²) in [5.74, 6) is -0.924. The first-order valence-electron chi connectivity index (χ1n) is 12.9. The molecule has 10 heteroatoms. The molecule has 1 amide bonds. The Labute approximate surface area is 218 Å². The number of hydrogen-bond donors (Lipinski definition) is 2. The third-order valence-corrected chi connectivity index (χ3v) is 8.07. The fourth-order valence-electron chi connectivity index (χ4n) is 5.69. The number of carbonyl (C=O) groups is 2. The van der Waals surface area contributed by atoms with Crippen LogP contribution in [0.4, 0.5) is 13.2 Å². The van der Waals surface area contributed by atoms with E-state index in [0.717, 1.165) is 30.5 Å². The molecule has 38 heavy (non-hydrogen) atoms. The minimum absolute atomic E-state index is 0.0991. The first-order valence-corrected chi connectivity index (χ1v) is 12.9. The second-order valence-corrected chi connectivity index (χ2v) is 10.5. The third kappa shape index (κ3) is 5.11. The van der Waals surface area contributed by atoms with Crippen molar-refractivity contribution in [3.63, 3.8) is 0 Å². The zero-order valence-corrected chi connectivity index (χ0v) is 21.1. The number of amides is 1. The number of hydrogen-bond acceptors (Lipinski definition) is 5. The normalized spacial score (nSPS) is 22.6. The highest BCUT2D eigenvalue weighted by molar-refractivity contribution is 5.90. The van der Waals surface area contributed by atoms with Crippen molar-refractivity contribution in [2.45, 2.75) is 62.4 Å². The Hall–Kier alpha value is -3.11.